The van der Waals surface area contributed by atoms with Crippen LogP contribution in [0.4, 0.5) is 0 Å². The second kappa shape index (κ2) is 5.44. The molecule has 0 aliphatic rings. The van der Waals surface area contributed by atoms with E-state index in [4.69, 9.17) is 0 Å². The van der Waals surface area contributed by atoms with Crippen molar-refractivity contribution < 1.29 is 4.79 Å². The van der Waals surface area contributed by atoms with E-state index in [0.717, 1.165) is 17.0 Å². The van der Waals surface area contributed by atoms with Crippen LogP contribution < -0.4 is 0 Å². The number of ketones is 1. The highest BCUT2D eigenvalue weighted by Gasteiger charge is 2.15. The Labute approximate surface area is 104 Å². The van der Waals surface area contributed by atoms with Gasteiger partial charge < -0.3 is 0 Å². The Morgan fingerprint density at radius 2 is 1.35 bits per heavy atom. The fraction of sp³-hybridized carbons (Fsp3) is 0.600. The molecule has 0 radical (unpaired) electrons. The van der Waals surface area contributed by atoms with E-state index in [9.17, 15) is 4.79 Å². The van der Waals surface area contributed by atoms with Crippen LogP contribution in [0.3, 0.4) is 0 Å². The van der Waals surface area contributed by atoms with Gasteiger partial charge in [-0.25, -0.2) is 0 Å². The number of pyridine rings is 1. The fourth-order valence-electron chi connectivity index (χ4n) is 1.64. The number of rotatable bonds is 4. The fourth-order valence-corrected chi connectivity index (χ4v) is 1.64. The molecule has 1 aromatic heterocycles. The first-order valence-corrected chi connectivity index (χ1v) is 6.39. The van der Waals surface area contributed by atoms with E-state index >= 15 is 0 Å². The molecule has 0 aromatic carbocycles. The molecule has 0 amide bonds. The van der Waals surface area contributed by atoms with E-state index in [1.807, 2.05) is 26.0 Å². The molecule has 1 heterocycles. The molecule has 0 atom stereocenters. The van der Waals surface area contributed by atoms with Crippen LogP contribution in [-0.2, 0) is 0 Å². The third kappa shape index (κ3) is 3.39. The van der Waals surface area contributed by atoms with Gasteiger partial charge >= 0.3 is 0 Å². The minimum absolute atomic E-state index is 0.0393. The summed E-state index contributed by atoms with van der Waals surface area (Å²) in [6.45, 7) is 12.3. The molecule has 1 aromatic rings. The Balaban J connectivity index is 3.26. The van der Waals surface area contributed by atoms with Crippen LogP contribution in [-0.4, -0.2) is 10.8 Å². The molecule has 1 rings (SSSR count). The van der Waals surface area contributed by atoms with Crippen molar-refractivity contribution in [1.82, 2.24) is 4.98 Å². The lowest BCUT2D eigenvalue weighted by atomic mass is 9.96. The quantitative estimate of drug-likeness (QED) is 0.731. The first kappa shape index (κ1) is 13.9. The zero-order valence-electron chi connectivity index (χ0n) is 11.7. The largest absolute Gasteiger partial charge is 0.294 e. The Hall–Kier alpha value is -1.18. The van der Waals surface area contributed by atoms with Crippen LogP contribution in [0, 0.1) is 5.92 Å². The smallest absolute Gasteiger partial charge is 0.165 e. The number of carbonyl (C=O) groups is 1. The number of aromatic nitrogens is 1. The van der Waals surface area contributed by atoms with Gasteiger partial charge in [-0.05, 0) is 24.0 Å². The van der Waals surface area contributed by atoms with Gasteiger partial charge in [-0.3, -0.25) is 9.78 Å². The van der Waals surface area contributed by atoms with Gasteiger partial charge in [0.05, 0.1) is 0 Å². The predicted molar refractivity (Wildman–Crippen MR) is 71.6 cm³/mol. The van der Waals surface area contributed by atoms with Gasteiger partial charge in [-0.2, -0.15) is 0 Å². The summed E-state index contributed by atoms with van der Waals surface area (Å²) in [5, 5.41) is 0. The molecule has 0 aliphatic heterocycles. The van der Waals surface area contributed by atoms with E-state index in [-0.39, 0.29) is 11.7 Å². The van der Waals surface area contributed by atoms with Crippen molar-refractivity contribution in [3.8, 4) is 0 Å². The summed E-state index contributed by atoms with van der Waals surface area (Å²) in [5.74, 6) is 0.952. The summed E-state index contributed by atoms with van der Waals surface area (Å²) in [6.07, 6.45) is 0. The molecule has 17 heavy (non-hydrogen) atoms. The SMILES string of the molecule is CC(C)C(=O)c1cc(C(C)C)nc(C(C)C)c1. The highest BCUT2D eigenvalue weighted by Crippen LogP contribution is 2.21. The minimum Gasteiger partial charge on any atom is -0.294 e. The minimum atomic E-state index is 0.0393. The van der Waals surface area contributed by atoms with Crippen molar-refractivity contribution in [3.63, 3.8) is 0 Å². The van der Waals surface area contributed by atoms with Gasteiger partial charge in [0.25, 0.3) is 0 Å². The molecule has 0 aliphatic carbocycles. The van der Waals surface area contributed by atoms with E-state index < -0.39 is 0 Å². The maximum absolute atomic E-state index is 12.1. The number of hydrogen-bond acceptors (Lipinski definition) is 2. The summed E-state index contributed by atoms with van der Waals surface area (Å²) < 4.78 is 0. The molecule has 2 nitrogen and oxygen atoms in total. The zero-order chi connectivity index (χ0) is 13.2. The first-order chi connectivity index (χ1) is 7.82. The molecule has 0 unspecified atom stereocenters. The molecule has 0 saturated heterocycles. The van der Waals surface area contributed by atoms with Crippen molar-refractivity contribution in [2.24, 2.45) is 5.92 Å². The molecular formula is C15H23NO. The van der Waals surface area contributed by atoms with Gasteiger partial charge in [-0.15, -0.1) is 0 Å². The molecule has 0 saturated carbocycles. The summed E-state index contributed by atoms with van der Waals surface area (Å²) in [6, 6.07) is 3.89. The van der Waals surface area contributed by atoms with Crippen LogP contribution in [0.2, 0.25) is 0 Å². The average molecular weight is 233 g/mol. The Bertz CT molecular complexity index is 379. The lowest BCUT2D eigenvalue weighted by molar-refractivity contribution is 0.0939. The Morgan fingerprint density at radius 1 is 0.941 bits per heavy atom. The number of Topliss-reactive ketones (excluding diaryl/α,β-unsaturated/α-hetero) is 1. The highest BCUT2D eigenvalue weighted by molar-refractivity contribution is 5.97. The second-order valence-corrected chi connectivity index (χ2v) is 5.53. The third-order valence-electron chi connectivity index (χ3n) is 2.86. The van der Waals surface area contributed by atoms with Crippen LogP contribution in [0.5, 0.6) is 0 Å². The van der Waals surface area contributed by atoms with Gasteiger partial charge in [-0.1, -0.05) is 41.5 Å². The summed E-state index contributed by atoms with van der Waals surface area (Å²) in [4.78, 5) is 16.7. The van der Waals surface area contributed by atoms with E-state index in [1.54, 1.807) is 0 Å². The van der Waals surface area contributed by atoms with Crippen molar-refractivity contribution in [1.29, 1.82) is 0 Å². The van der Waals surface area contributed by atoms with Crippen molar-refractivity contribution >= 4 is 5.78 Å². The van der Waals surface area contributed by atoms with Crippen molar-refractivity contribution in [3.05, 3.63) is 29.1 Å². The molecule has 2 heteroatoms. The summed E-state index contributed by atoms with van der Waals surface area (Å²) >= 11 is 0. The summed E-state index contributed by atoms with van der Waals surface area (Å²) in [5.41, 5.74) is 2.84. The zero-order valence-corrected chi connectivity index (χ0v) is 11.7. The first-order valence-electron chi connectivity index (χ1n) is 6.39. The number of nitrogens with zero attached hydrogens (tertiary/aromatic N) is 1. The maximum atomic E-state index is 12.1. The third-order valence-corrected chi connectivity index (χ3v) is 2.86. The van der Waals surface area contributed by atoms with Gasteiger partial charge in [0.2, 0.25) is 0 Å². The topological polar surface area (TPSA) is 30.0 Å². The van der Waals surface area contributed by atoms with Crippen LogP contribution in [0.25, 0.3) is 0 Å². The normalized spacial score (nSPS) is 11.6. The average Bonchev–Trinajstić information content (AvgIpc) is 2.27. The van der Waals surface area contributed by atoms with Crippen LogP contribution in [0.15, 0.2) is 12.1 Å². The standard InChI is InChI=1S/C15H23NO/c1-9(2)13-7-12(15(17)11(5)6)8-14(16-13)10(3)4/h7-11H,1-6H3. The van der Waals surface area contributed by atoms with Gasteiger partial charge in [0, 0.05) is 22.9 Å². The monoisotopic (exact) mass is 233 g/mol. The lowest BCUT2D eigenvalue weighted by Gasteiger charge is -2.13. The summed E-state index contributed by atoms with van der Waals surface area (Å²) in [7, 11) is 0. The molecule has 0 bridgehead atoms. The molecule has 94 valence electrons. The Morgan fingerprint density at radius 3 is 1.65 bits per heavy atom. The van der Waals surface area contributed by atoms with E-state index in [1.165, 1.54) is 0 Å². The van der Waals surface area contributed by atoms with E-state index in [2.05, 4.69) is 32.7 Å². The molecule has 0 spiro atoms. The van der Waals surface area contributed by atoms with Crippen molar-refractivity contribution in [2.75, 3.05) is 0 Å². The van der Waals surface area contributed by atoms with Gasteiger partial charge in [0.15, 0.2) is 5.78 Å². The maximum Gasteiger partial charge on any atom is 0.165 e. The number of carbonyl (C=O) groups excluding carboxylic acids is 1. The second-order valence-electron chi connectivity index (χ2n) is 5.53. The molecule has 0 fully saturated rings. The predicted octanol–water partition coefficient (Wildman–Crippen LogP) is 4.17. The molecular weight excluding hydrogens is 210 g/mol. The van der Waals surface area contributed by atoms with Crippen LogP contribution >= 0.6 is 0 Å². The van der Waals surface area contributed by atoms with E-state index in [0.29, 0.717) is 11.8 Å². The Kier molecular flexibility index (Phi) is 4.44. The highest BCUT2D eigenvalue weighted by atomic mass is 16.1. The molecule has 0 N–H and O–H groups in total. The van der Waals surface area contributed by atoms with Gasteiger partial charge in [0.1, 0.15) is 0 Å². The van der Waals surface area contributed by atoms with Crippen LogP contribution in [0.1, 0.15) is 75.1 Å². The lowest BCUT2D eigenvalue weighted by Crippen LogP contribution is -2.11. The van der Waals surface area contributed by atoms with Crippen molar-refractivity contribution in [2.45, 2.75) is 53.4 Å². The number of hydrogen-bond donors (Lipinski definition) is 0.